The van der Waals surface area contributed by atoms with Gasteiger partial charge in [-0.25, -0.2) is 0 Å². The summed E-state index contributed by atoms with van der Waals surface area (Å²) in [6, 6.07) is 8.03. The van der Waals surface area contributed by atoms with Crippen molar-refractivity contribution in [1.29, 1.82) is 0 Å². The van der Waals surface area contributed by atoms with Crippen LogP contribution in [0.15, 0.2) is 29.4 Å². The molecule has 2 aliphatic rings. The largest absolute Gasteiger partial charge is 0.496 e. The number of amides is 1. The van der Waals surface area contributed by atoms with E-state index in [9.17, 15) is 9.70 Å². The molecule has 0 bridgehead atoms. The van der Waals surface area contributed by atoms with Crippen molar-refractivity contribution < 1.29 is 14.3 Å². The van der Waals surface area contributed by atoms with Gasteiger partial charge in [0, 0.05) is 30.3 Å². The van der Waals surface area contributed by atoms with Crippen LogP contribution in [0.5, 0.6) is 11.5 Å². The molecule has 146 valence electrons. The molecule has 7 heteroatoms. The molecule has 0 unspecified atom stereocenters. The Bertz CT molecular complexity index is 957. The molecule has 2 aliphatic heterocycles. The second-order valence-electron chi connectivity index (χ2n) is 7.24. The van der Waals surface area contributed by atoms with E-state index in [1.165, 1.54) is 11.1 Å². The van der Waals surface area contributed by atoms with Gasteiger partial charge in [0.15, 0.2) is 0 Å². The minimum absolute atomic E-state index is 0.0928. The molecular weight excluding hydrogens is 358 g/mol. The van der Waals surface area contributed by atoms with Gasteiger partial charge in [-0.3, -0.25) is 9.69 Å². The summed E-state index contributed by atoms with van der Waals surface area (Å²) < 4.78 is 11.0. The van der Waals surface area contributed by atoms with Gasteiger partial charge in [0.25, 0.3) is 5.91 Å². The second-order valence-corrected chi connectivity index (χ2v) is 7.24. The number of methoxy groups -OCH3 is 2. The van der Waals surface area contributed by atoms with Crippen LogP contribution in [0.3, 0.4) is 0 Å². The topological polar surface area (TPSA) is 94.2 Å². The normalized spacial score (nSPS) is 17.9. The zero-order valence-corrected chi connectivity index (χ0v) is 16.0. The van der Waals surface area contributed by atoms with Crippen molar-refractivity contribution in [2.24, 2.45) is 10.9 Å². The van der Waals surface area contributed by atoms with Gasteiger partial charge in [-0.05, 0) is 47.7 Å². The fraction of sp³-hybridized carbons (Fsp3) is 0.381. The molecule has 0 fully saturated rings. The number of rotatable bonds is 5. The summed E-state index contributed by atoms with van der Waals surface area (Å²) in [4.78, 5) is 25.0. The van der Waals surface area contributed by atoms with Crippen LogP contribution in [-0.4, -0.2) is 31.6 Å². The standard InChI is InChI=1S/C21H23N3O4/c1-27-19-9-13-5-6-24-11-17-12(3-4-15(21(22)25)20(17)28-2)8-18(24)16(13)7-14(19)10-23-26/h3-4,7,9,18H,5-6,8,10-11H2,1-2H3,(H2,22,25)/t18-/m0/s1. The molecule has 0 radical (unpaired) electrons. The van der Waals surface area contributed by atoms with Gasteiger partial charge in [-0.2, -0.15) is 4.91 Å². The van der Waals surface area contributed by atoms with Gasteiger partial charge in [0.05, 0.1) is 19.8 Å². The third-order valence-electron chi connectivity index (χ3n) is 5.85. The number of benzene rings is 2. The van der Waals surface area contributed by atoms with Crippen molar-refractivity contribution in [1.82, 2.24) is 4.90 Å². The zero-order chi connectivity index (χ0) is 19.8. The Morgan fingerprint density at radius 3 is 2.75 bits per heavy atom. The van der Waals surface area contributed by atoms with Gasteiger partial charge in [-0.1, -0.05) is 11.2 Å². The maximum atomic E-state index is 11.8. The molecule has 28 heavy (non-hydrogen) atoms. The summed E-state index contributed by atoms with van der Waals surface area (Å²) >= 11 is 0. The van der Waals surface area contributed by atoms with Crippen molar-refractivity contribution in [3.05, 3.63) is 62.6 Å². The number of hydrogen-bond donors (Lipinski definition) is 1. The maximum absolute atomic E-state index is 11.8. The number of nitrogens with two attached hydrogens (primary N) is 1. The Morgan fingerprint density at radius 1 is 1.25 bits per heavy atom. The second kappa shape index (κ2) is 7.24. The Kier molecular flexibility index (Phi) is 4.77. The monoisotopic (exact) mass is 381 g/mol. The highest BCUT2D eigenvalue weighted by Crippen LogP contribution is 2.43. The Hall–Kier alpha value is -2.93. The van der Waals surface area contributed by atoms with Crippen molar-refractivity contribution in [2.45, 2.75) is 32.0 Å². The van der Waals surface area contributed by atoms with Crippen molar-refractivity contribution in [3.8, 4) is 11.5 Å². The molecule has 0 aromatic heterocycles. The molecule has 2 aromatic rings. The molecule has 0 aliphatic carbocycles. The third kappa shape index (κ3) is 2.92. The van der Waals surface area contributed by atoms with Crippen LogP contribution in [0.2, 0.25) is 0 Å². The van der Waals surface area contributed by atoms with E-state index in [1.807, 2.05) is 12.1 Å². The summed E-state index contributed by atoms with van der Waals surface area (Å²) in [5.74, 6) is 0.814. The molecule has 0 saturated heterocycles. The number of nitrogens with zero attached hydrogens (tertiary/aromatic N) is 2. The lowest BCUT2D eigenvalue weighted by Crippen LogP contribution is -2.39. The number of ether oxygens (including phenoxy) is 2. The number of fused-ring (bicyclic) bond motifs is 4. The van der Waals surface area contributed by atoms with Crippen molar-refractivity contribution in [2.75, 3.05) is 20.8 Å². The number of primary amides is 1. The third-order valence-corrected chi connectivity index (χ3v) is 5.85. The van der Waals surface area contributed by atoms with E-state index in [-0.39, 0.29) is 12.6 Å². The van der Waals surface area contributed by atoms with E-state index >= 15 is 0 Å². The lowest BCUT2D eigenvalue weighted by Gasteiger charge is -2.42. The molecule has 1 amide bonds. The lowest BCUT2D eigenvalue weighted by atomic mass is 9.82. The molecule has 0 spiro atoms. The molecule has 2 N–H and O–H groups in total. The minimum Gasteiger partial charge on any atom is -0.496 e. The molecule has 7 nitrogen and oxygen atoms in total. The van der Waals surface area contributed by atoms with E-state index in [0.717, 1.165) is 41.8 Å². The fourth-order valence-corrected chi connectivity index (χ4v) is 4.51. The van der Waals surface area contributed by atoms with Crippen LogP contribution >= 0.6 is 0 Å². The SMILES string of the molecule is COc1cc2c(cc1CN=O)[C@@H]1Cc3ccc(C(N)=O)c(OC)c3CN1CC2. The summed E-state index contributed by atoms with van der Waals surface area (Å²) in [6.07, 6.45) is 1.70. The Balaban J connectivity index is 1.77. The average Bonchev–Trinajstić information content (AvgIpc) is 2.71. The van der Waals surface area contributed by atoms with Crippen LogP contribution in [0, 0.1) is 4.91 Å². The zero-order valence-electron chi connectivity index (χ0n) is 16.0. The first-order valence-electron chi connectivity index (χ1n) is 9.28. The summed E-state index contributed by atoms with van der Waals surface area (Å²) in [6.45, 7) is 1.68. The smallest absolute Gasteiger partial charge is 0.252 e. The minimum atomic E-state index is -0.483. The Labute approximate surface area is 163 Å². The first-order chi connectivity index (χ1) is 13.6. The van der Waals surface area contributed by atoms with E-state index in [2.05, 4.69) is 16.1 Å². The molecular formula is C21H23N3O4. The van der Waals surface area contributed by atoms with Crippen molar-refractivity contribution >= 4 is 5.91 Å². The highest BCUT2D eigenvalue weighted by molar-refractivity contribution is 5.96. The number of nitroso groups, excluding NO2 is 1. The number of carbonyl (C=O) groups excluding carboxylic acids is 1. The molecule has 2 aromatic carbocycles. The predicted octanol–water partition coefficient (Wildman–Crippen LogP) is 2.72. The summed E-state index contributed by atoms with van der Waals surface area (Å²) in [7, 11) is 3.19. The van der Waals surface area contributed by atoms with Crippen LogP contribution in [-0.2, 0) is 25.9 Å². The number of carbonyl (C=O) groups is 1. The van der Waals surface area contributed by atoms with E-state index in [4.69, 9.17) is 15.2 Å². The molecule has 4 rings (SSSR count). The fourth-order valence-electron chi connectivity index (χ4n) is 4.51. The molecule has 0 saturated carbocycles. The van der Waals surface area contributed by atoms with Crippen LogP contribution in [0.25, 0.3) is 0 Å². The van der Waals surface area contributed by atoms with Gasteiger partial charge in [0.2, 0.25) is 0 Å². The Morgan fingerprint density at radius 2 is 2.07 bits per heavy atom. The first-order valence-corrected chi connectivity index (χ1v) is 9.28. The number of hydrogen-bond acceptors (Lipinski definition) is 6. The van der Waals surface area contributed by atoms with Gasteiger partial charge < -0.3 is 15.2 Å². The van der Waals surface area contributed by atoms with E-state index < -0.39 is 5.91 Å². The van der Waals surface area contributed by atoms with Crippen LogP contribution < -0.4 is 15.2 Å². The van der Waals surface area contributed by atoms with Gasteiger partial charge in [-0.15, -0.1) is 0 Å². The van der Waals surface area contributed by atoms with Crippen molar-refractivity contribution in [3.63, 3.8) is 0 Å². The quantitative estimate of drug-likeness (QED) is 0.804. The first kappa shape index (κ1) is 18.4. The predicted molar refractivity (Wildman–Crippen MR) is 105 cm³/mol. The van der Waals surface area contributed by atoms with Crippen LogP contribution in [0.4, 0.5) is 0 Å². The average molecular weight is 381 g/mol. The maximum Gasteiger partial charge on any atom is 0.252 e. The van der Waals surface area contributed by atoms with Gasteiger partial charge in [0.1, 0.15) is 18.0 Å². The van der Waals surface area contributed by atoms with E-state index in [1.54, 1.807) is 20.3 Å². The summed E-state index contributed by atoms with van der Waals surface area (Å²) in [5, 5.41) is 3.05. The highest BCUT2D eigenvalue weighted by Gasteiger charge is 2.35. The van der Waals surface area contributed by atoms with Crippen LogP contribution in [0.1, 0.15) is 44.2 Å². The highest BCUT2D eigenvalue weighted by atomic mass is 16.5. The summed E-state index contributed by atoms with van der Waals surface area (Å²) in [5.41, 5.74) is 11.4. The van der Waals surface area contributed by atoms with Gasteiger partial charge >= 0.3 is 0 Å². The molecule has 1 atom stereocenters. The lowest BCUT2D eigenvalue weighted by molar-refractivity contribution is 0.0996. The van der Waals surface area contributed by atoms with E-state index in [0.29, 0.717) is 17.9 Å². The molecule has 2 heterocycles.